The molecule has 1 heterocycles. The van der Waals surface area contributed by atoms with Crippen LogP contribution in [0.5, 0.6) is 0 Å². The van der Waals surface area contributed by atoms with Crippen LogP contribution < -0.4 is 16.4 Å². The molecule has 0 bridgehead atoms. The first-order valence-corrected chi connectivity index (χ1v) is 6.56. The monoisotopic (exact) mass is 245 g/mol. The van der Waals surface area contributed by atoms with Gasteiger partial charge < -0.3 is 16.4 Å². The summed E-state index contributed by atoms with van der Waals surface area (Å²) in [4.78, 5) is 11.3. The van der Waals surface area contributed by atoms with Crippen LogP contribution in [-0.2, 0) is 17.8 Å². The summed E-state index contributed by atoms with van der Waals surface area (Å²) in [5, 5.41) is 6.31. The highest BCUT2D eigenvalue weighted by atomic mass is 16.1. The highest BCUT2D eigenvalue weighted by Gasteiger charge is 2.37. The Hall–Kier alpha value is -1.39. The minimum absolute atomic E-state index is 0.0577. The third-order valence-corrected chi connectivity index (χ3v) is 3.76. The van der Waals surface area contributed by atoms with Gasteiger partial charge in [-0.3, -0.25) is 4.79 Å². The second kappa shape index (κ2) is 4.37. The standard InChI is InChI=1S/C14H19N3O/c15-14(5-6-14)9-16-8-10-1-3-12-11(7-10)2-4-13(18)17-12/h1,3,7,16H,2,4-6,8-9,15H2,(H,17,18). The van der Waals surface area contributed by atoms with Crippen molar-refractivity contribution in [3.05, 3.63) is 29.3 Å². The van der Waals surface area contributed by atoms with Crippen LogP contribution in [0.3, 0.4) is 0 Å². The number of rotatable bonds is 4. The van der Waals surface area contributed by atoms with Crippen LogP contribution in [0.1, 0.15) is 30.4 Å². The van der Waals surface area contributed by atoms with Crippen LogP contribution in [0.15, 0.2) is 18.2 Å². The smallest absolute Gasteiger partial charge is 0.224 e. The van der Waals surface area contributed by atoms with Gasteiger partial charge in [0.1, 0.15) is 0 Å². The molecule has 1 fully saturated rings. The van der Waals surface area contributed by atoms with Crippen molar-refractivity contribution in [1.82, 2.24) is 5.32 Å². The molecule has 3 rings (SSSR count). The Labute approximate surface area is 107 Å². The quantitative estimate of drug-likeness (QED) is 0.745. The van der Waals surface area contributed by atoms with E-state index in [4.69, 9.17) is 5.73 Å². The molecule has 2 aliphatic rings. The Morgan fingerprint density at radius 3 is 2.94 bits per heavy atom. The molecule has 0 spiro atoms. The van der Waals surface area contributed by atoms with Gasteiger partial charge in [0.25, 0.3) is 0 Å². The van der Waals surface area contributed by atoms with E-state index in [1.165, 1.54) is 11.1 Å². The van der Waals surface area contributed by atoms with E-state index >= 15 is 0 Å². The molecule has 96 valence electrons. The third-order valence-electron chi connectivity index (χ3n) is 3.76. The molecule has 18 heavy (non-hydrogen) atoms. The predicted molar refractivity (Wildman–Crippen MR) is 71.3 cm³/mol. The van der Waals surface area contributed by atoms with E-state index in [2.05, 4.69) is 22.8 Å². The zero-order chi connectivity index (χ0) is 12.6. The van der Waals surface area contributed by atoms with Crippen molar-refractivity contribution >= 4 is 11.6 Å². The molecule has 4 N–H and O–H groups in total. The number of aryl methyl sites for hydroxylation is 1. The van der Waals surface area contributed by atoms with Gasteiger partial charge in [-0.15, -0.1) is 0 Å². The fourth-order valence-electron chi connectivity index (χ4n) is 2.34. The van der Waals surface area contributed by atoms with Crippen molar-refractivity contribution in [3.63, 3.8) is 0 Å². The van der Waals surface area contributed by atoms with Crippen LogP contribution >= 0.6 is 0 Å². The lowest BCUT2D eigenvalue weighted by Gasteiger charge is -2.18. The van der Waals surface area contributed by atoms with Gasteiger partial charge in [-0.2, -0.15) is 0 Å². The van der Waals surface area contributed by atoms with E-state index in [1.54, 1.807) is 0 Å². The van der Waals surface area contributed by atoms with Crippen molar-refractivity contribution in [1.29, 1.82) is 0 Å². The van der Waals surface area contributed by atoms with Crippen molar-refractivity contribution < 1.29 is 4.79 Å². The van der Waals surface area contributed by atoms with Crippen molar-refractivity contribution in [3.8, 4) is 0 Å². The van der Waals surface area contributed by atoms with Crippen LogP contribution in [-0.4, -0.2) is 18.0 Å². The second-order valence-electron chi connectivity index (χ2n) is 5.51. The van der Waals surface area contributed by atoms with E-state index < -0.39 is 0 Å². The Bertz CT molecular complexity index is 480. The van der Waals surface area contributed by atoms with Gasteiger partial charge in [0.05, 0.1) is 0 Å². The SMILES string of the molecule is NC1(CNCc2ccc3c(c2)CCC(=O)N3)CC1. The molecule has 1 saturated carbocycles. The van der Waals surface area contributed by atoms with Crippen molar-refractivity contribution in [2.45, 2.75) is 37.8 Å². The summed E-state index contributed by atoms with van der Waals surface area (Å²) in [5.74, 6) is 0.118. The molecular formula is C14H19N3O. The number of hydrogen-bond acceptors (Lipinski definition) is 3. The van der Waals surface area contributed by atoms with Gasteiger partial charge in [-0.05, 0) is 36.5 Å². The fourth-order valence-corrected chi connectivity index (χ4v) is 2.34. The molecule has 1 aromatic carbocycles. The number of carbonyl (C=O) groups is 1. The molecule has 1 amide bonds. The molecule has 1 aromatic rings. The predicted octanol–water partition coefficient (Wildman–Crippen LogP) is 1.15. The Kier molecular flexibility index (Phi) is 2.84. The summed E-state index contributed by atoms with van der Waals surface area (Å²) >= 11 is 0. The van der Waals surface area contributed by atoms with E-state index in [-0.39, 0.29) is 11.4 Å². The second-order valence-corrected chi connectivity index (χ2v) is 5.51. The molecule has 0 unspecified atom stereocenters. The number of fused-ring (bicyclic) bond motifs is 1. The number of nitrogens with two attached hydrogens (primary N) is 1. The summed E-state index contributed by atoms with van der Waals surface area (Å²) in [7, 11) is 0. The van der Waals surface area contributed by atoms with E-state index in [9.17, 15) is 4.79 Å². The first kappa shape index (κ1) is 11.7. The van der Waals surface area contributed by atoms with E-state index in [0.29, 0.717) is 6.42 Å². The Balaban J connectivity index is 1.61. The summed E-state index contributed by atoms with van der Waals surface area (Å²) in [5.41, 5.74) is 9.55. The lowest BCUT2D eigenvalue weighted by Crippen LogP contribution is -2.35. The topological polar surface area (TPSA) is 67.1 Å². The third kappa shape index (κ3) is 2.54. The largest absolute Gasteiger partial charge is 0.326 e. The van der Waals surface area contributed by atoms with Gasteiger partial charge in [0.15, 0.2) is 0 Å². The maximum Gasteiger partial charge on any atom is 0.224 e. The number of nitrogens with one attached hydrogen (secondary N) is 2. The van der Waals surface area contributed by atoms with Crippen LogP contribution in [0.4, 0.5) is 5.69 Å². The number of anilines is 1. The van der Waals surface area contributed by atoms with Crippen LogP contribution in [0.25, 0.3) is 0 Å². The number of carbonyl (C=O) groups excluding carboxylic acids is 1. The zero-order valence-electron chi connectivity index (χ0n) is 10.5. The summed E-state index contributed by atoms with van der Waals surface area (Å²) in [6.07, 6.45) is 3.71. The van der Waals surface area contributed by atoms with Gasteiger partial charge in [-0.1, -0.05) is 12.1 Å². The van der Waals surface area contributed by atoms with E-state index in [0.717, 1.165) is 38.0 Å². The minimum Gasteiger partial charge on any atom is -0.326 e. The number of amides is 1. The molecule has 0 aromatic heterocycles. The lowest BCUT2D eigenvalue weighted by molar-refractivity contribution is -0.116. The van der Waals surface area contributed by atoms with Gasteiger partial charge in [0, 0.05) is 30.7 Å². The fraction of sp³-hybridized carbons (Fsp3) is 0.500. The average Bonchev–Trinajstić information content (AvgIpc) is 3.08. The Morgan fingerprint density at radius 1 is 1.33 bits per heavy atom. The summed E-state index contributed by atoms with van der Waals surface area (Å²) < 4.78 is 0. The zero-order valence-corrected chi connectivity index (χ0v) is 10.5. The normalized spacial score (nSPS) is 20.2. The summed E-state index contributed by atoms with van der Waals surface area (Å²) in [6, 6.07) is 6.24. The molecule has 0 atom stereocenters. The number of benzene rings is 1. The summed E-state index contributed by atoms with van der Waals surface area (Å²) in [6.45, 7) is 1.74. The molecule has 4 heteroatoms. The number of hydrogen-bond donors (Lipinski definition) is 3. The van der Waals surface area contributed by atoms with Crippen molar-refractivity contribution in [2.24, 2.45) is 5.73 Å². The molecular weight excluding hydrogens is 226 g/mol. The van der Waals surface area contributed by atoms with Crippen LogP contribution in [0.2, 0.25) is 0 Å². The minimum atomic E-state index is 0.0577. The molecule has 1 aliphatic carbocycles. The molecule has 0 radical (unpaired) electrons. The maximum absolute atomic E-state index is 11.3. The first-order chi connectivity index (χ1) is 8.65. The Morgan fingerprint density at radius 2 is 2.17 bits per heavy atom. The van der Waals surface area contributed by atoms with Gasteiger partial charge in [0.2, 0.25) is 5.91 Å². The van der Waals surface area contributed by atoms with Crippen LogP contribution in [0, 0.1) is 0 Å². The highest BCUT2D eigenvalue weighted by Crippen LogP contribution is 2.31. The molecule has 1 aliphatic heterocycles. The van der Waals surface area contributed by atoms with Gasteiger partial charge >= 0.3 is 0 Å². The van der Waals surface area contributed by atoms with E-state index in [1.807, 2.05) is 6.07 Å². The molecule has 4 nitrogen and oxygen atoms in total. The average molecular weight is 245 g/mol. The maximum atomic E-state index is 11.3. The van der Waals surface area contributed by atoms with Gasteiger partial charge in [-0.25, -0.2) is 0 Å². The highest BCUT2D eigenvalue weighted by molar-refractivity contribution is 5.93. The molecule has 0 saturated heterocycles. The lowest BCUT2D eigenvalue weighted by atomic mass is 10.0. The van der Waals surface area contributed by atoms with Crippen molar-refractivity contribution in [2.75, 3.05) is 11.9 Å². The first-order valence-electron chi connectivity index (χ1n) is 6.56.